The Balaban J connectivity index is 0. The molecule has 0 aromatic heterocycles. The molecule has 0 aliphatic carbocycles. The molecule has 0 fully saturated rings. The summed E-state index contributed by atoms with van der Waals surface area (Å²) in [6, 6.07) is 7.94. The number of hydrogen-bond donors (Lipinski definition) is 2. The fraction of sp³-hybridized carbons (Fsp3) is 0. The summed E-state index contributed by atoms with van der Waals surface area (Å²) < 4.78 is 34.7. The van der Waals surface area contributed by atoms with E-state index < -0.39 is 11.4 Å². The Labute approximate surface area is 94.4 Å². The van der Waals surface area contributed by atoms with Crippen LogP contribution in [0.25, 0.3) is 0 Å². The Morgan fingerprint density at radius 2 is 1.50 bits per heavy atom. The molecular weight excluding hydrogens is 194 g/mol. The summed E-state index contributed by atoms with van der Waals surface area (Å²) in [4.78, 5) is 0. The van der Waals surface area contributed by atoms with E-state index in [0.29, 0.717) is 0 Å². The molecule has 0 aliphatic rings. The van der Waals surface area contributed by atoms with Gasteiger partial charge >= 0.3 is 29.6 Å². The molecule has 2 N–H and O–H groups in total. The molecule has 0 atom stereocenters. The average Bonchev–Trinajstić information content (AvgIpc) is 1.87. The second kappa shape index (κ2) is 9.31. The second-order valence-electron chi connectivity index (χ2n) is 1.53. The molecule has 1 aromatic rings. The maximum absolute atomic E-state index is 11.9. The Bertz CT molecular complexity index is 215. The first-order chi connectivity index (χ1) is 5.13. The summed E-state index contributed by atoms with van der Waals surface area (Å²) in [6.07, 6.45) is 0. The van der Waals surface area contributed by atoms with Crippen molar-refractivity contribution in [2.45, 2.75) is 0 Å². The molecule has 0 saturated heterocycles. The number of benzene rings is 1. The van der Waals surface area contributed by atoms with E-state index in [9.17, 15) is 4.39 Å². The zero-order chi connectivity index (χ0) is 8.69. The van der Waals surface area contributed by atoms with E-state index in [1.54, 1.807) is 18.2 Å². The van der Waals surface area contributed by atoms with Crippen LogP contribution >= 0.6 is 0 Å². The van der Waals surface area contributed by atoms with E-state index in [1.165, 1.54) is 12.1 Å². The van der Waals surface area contributed by atoms with Crippen LogP contribution in [0.3, 0.4) is 0 Å². The van der Waals surface area contributed by atoms with Crippen LogP contribution in [0, 0.1) is 5.82 Å². The van der Waals surface area contributed by atoms with Crippen molar-refractivity contribution in [2.75, 3.05) is 0 Å². The van der Waals surface area contributed by atoms with Crippen LogP contribution in [-0.2, 0) is 11.4 Å². The van der Waals surface area contributed by atoms with Gasteiger partial charge < -0.3 is 0 Å². The van der Waals surface area contributed by atoms with Crippen molar-refractivity contribution in [1.82, 2.24) is 0 Å². The molecule has 1 aromatic carbocycles. The molecule has 3 nitrogen and oxygen atoms in total. The molecule has 0 amide bonds. The van der Waals surface area contributed by atoms with Crippen molar-refractivity contribution in [2.24, 2.45) is 0 Å². The van der Waals surface area contributed by atoms with Crippen LogP contribution in [-0.4, -0.2) is 42.9 Å². The molecule has 0 saturated carbocycles. The number of hydrogen-bond acceptors (Lipinski definition) is 1. The first kappa shape index (κ1) is 14.7. The quantitative estimate of drug-likeness (QED) is 0.484. The van der Waals surface area contributed by atoms with Gasteiger partial charge in [0.15, 0.2) is 0 Å². The third-order valence-corrected chi connectivity index (χ3v) is 0.733. The topological polar surface area (TPSA) is 57.5 Å². The maximum atomic E-state index is 11.9. The second-order valence-corrected chi connectivity index (χ2v) is 1.99. The zero-order valence-electron chi connectivity index (χ0n) is 5.48. The zero-order valence-corrected chi connectivity index (χ0v) is 6.29. The molecule has 0 unspecified atom stereocenters. The molecule has 0 bridgehead atoms. The standard InChI is InChI=1S/C6H5F.Na.H2O3S.H/c7-6-4-2-1-3-5-6;;1-4(2)3;/h1-5H;;(H2,1,2,3);. The predicted molar refractivity (Wildman–Crippen MR) is 46.9 cm³/mol. The van der Waals surface area contributed by atoms with Gasteiger partial charge in [-0.25, -0.2) is 4.39 Å². The monoisotopic (exact) mass is 202 g/mol. The molecule has 0 heterocycles. The van der Waals surface area contributed by atoms with Gasteiger partial charge in [-0.2, -0.15) is 4.21 Å². The van der Waals surface area contributed by atoms with Gasteiger partial charge in [0, 0.05) is 0 Å². The van der Waals surface area contributed by atoms with E-state index in [4.69, 9.17) is 13.3 Å². The summed E-state index contributed by atoms with van der Waals surface area (Å²) in [5, 5.41) is 0. The fourth-order valence-electron chi connectivity index (χ4n) is 0.415. The van der Waals surface area contributed by atoms with Gasteiger partial charge in [0.25, 0.3) is 11.4 Å². The van der Waals surface area contributed by atoms with Gasteiger partial charge in [-0.15, -0.1) is 0 Å². The predicted octanol–water partition coefficient (Wildman–Crippen LogP) is 0.858. The third-order valence-electron chi connectivity index (χ3n) is 0.733. The molecule has 0 aliphatic heterocycles. The number of rotatable bonds is 0. The molecule has 6 heteroatoms. The van der Waals surface area contributed by atoms with Gasteiger partial charge in [-0.3, -0.25) is 9.11 Å². The van der Waals surface area contributed by atoms with E-state index in [0.717, 1.165) is 0 Å². The molecule has 0 radical (unpaired) electrons. The van der Waals surface area contributed by atoms with E-state index in [-0.39, 0.29) is 35.4 Å². The molecule has 64 valence electrons. The van der Waals surface area contributed by atoms with E-state index in [2.05, 4.69) is 0 Å². The third kappa shape index (κ3) is 12.9. The van der Waals surface area contributed by atoms with Crippen LogP contribution in [0.5, 0.6) is 0 Å². The summed E-state index contributed by atoms with van der Waals surface area (Å²) >= 11 is -2.61. The molecule has 1 rings (SSSR count). The molecule has 0 spiro atoms. The van der Waals surface area contributed by atoms with E-state index >= 15 is 0 Å². The van der Waals surface area contributed by atoms with Crippen LogP contribution in [0.15, 0.2) is 30.3 Å². The van der Waals surface area contributed by atoms with Crippen molar-refractivity contribution in [3.8, 4) is 0 Å². The van der Waals surface area contributed by atoms with Gasteiger partial charge in [-0.1, -0.05) is 18.2 Å². The van der Waals surface area contributed by atoms with Crippen LogP contribution in [0.2, 0.25) is 0 Å². The van der Waals surface area contributed by atoms with Crippen LogP contribution in [0.1, 0.15) is 0 Å². The molecular formula is C6H8FNaO3S. The Morgan fingerprint density at radius 3 is 1.67 bits per heavy atom. The van der Waals surface area contributed by atoms with Gasteiger partial charge in [0.1, 0.15) is 5.82 Å². The average molecular weight is 202 g/mol. The Kier molecular flexibility index (Phi) is 11.4. The summed E-state index contributed by atoms with van der Waals surface area (Å²) in [7, 11) is 0. The van der Waals surface area contributed by atoms with Crippen LogP contribution < -0.4 is 0 Å². The summed E-state index contributed by atoms with van der Waals surface area (Å²) in [5.41, 5.74) is 0. The number of halogens is 1. The van der Waals surface area contributed by atoms with Crippen molar-refractivity contribution >= 4 is 40.9 Å². The van der Waals surface area contributed by atoms with E-state index in [1.807, 2.05) is 0 Å². The van der Waals surface area contributed by atoms with Crippen molar-refractivity contribution < 1.29 is 17.7 Å². The Morgan fingerprint density at radius 1 is 1.17 bits per heavy atom. The first-order valence-corrected chi connectivity index (χ1v) is 3.70. The first-order valence-electron chi connectivity index (χ1n) is 2.63. The Hall–Kier alpha value is 0.220. The summed E-state index contributed by atoms with van der Waals surface area (Å²) in [6.45, 7) is 0. The fourth-order valence-corrected chi connectivity index (χ4v) is 0.415. The van der Waals surface area contributed by atoms with Crippen molar-refractivity contribution in [3.63, 3.8) is 0 Å². The van der Waals surface area contributed by atoms with Crippen molar-refractivity contribution in [3.05, 3.63) is 36.1 Å². The van der Waals surface area contributed by atoms with Crippen molar-refractivity contribution in [1.29, 1.82) is 0 Å². The normalized spacial score (nSPS) is 8.00. The minimum atomic E-state index is -2.61. The van der Waals surface area contributed by atoms with Crippen LogP contribution in [0.4, 0.5) is 4.39 Å². The minimum absolute atomic E-state index is 0. The van der Waals surface area contributed by atoms with Gasteiger partial charge in [-0.05, 0) is 12.1 Å². The van der Waals surface area contributed by atoms with Gasteiger partial charge in [0.2, 0.25) is 0 Å². The SMILES string of the molecule is Fc1ccccc1.O=S(O)O.[NaH]. The summed E-state index contributed by atoms with van der Waals surface area (Å²) in [5.74, 6) is -0.178. The van der Waals surface area contributed by atoms with Gasteiger partial charge in [0.05, 0.1) is 0 Å². The molecule has 12 heavy (non-hydrogen) atoms.